The van der Waals surface area contributed by atoms with E-state index in [1.807, 2.05) is 13.0 Å². The summed E-state index contributed by atoms with van der Waals surface area (Å²) >= 11 is 0. The highest BCUT2D eigenvalue weighted by Crippen LogP contribution is 2.28. The molecule has 2 atom stereocenters. The maximum Gasteiger partial charge on any atom is 0.287 e. The monoisotopic (exact) mass is 264 g/mol. The topological polar surface area (TPSA) is 68.3 Å². The summed E-state index contributed by atoms with van der Waals surface area (Å²) in [6.45, 7) is 3.44. The van der Waals surface area contributed by atoms with Gasteiger partial charge in [0.25, 0.3) is 5.91 Å². The normalized spacial score (nSPS) is 23.3. The SMILES string of the molecule is CCc1ccc(C(=O)NCC2CCCCC2CN)o1. The molecule has 3 N–H and O–H groups in total. The summed E-state index contributed by atoms with van der Waals surface area (Å²) in [5.74, 6) is 2.22. The zero-order chi connectivity index (χ0) is 13.7. The van der Waals surface area contributed by atoms with E-state index >= 15 is 0 Å². The van der Waals surface area contributed by atoms with E-state index in [4.69, 9.17) is 10.2 Å². The Morgan fingerprint density at radius 3 is 2.74 bits per heavy atom. The van der Waals surface area contributed by atoms with Crippen molar-refractivity contribution in [2.24, 2.45) is 17.6 Å². The van der Waals surface area contributed by atoms with Gasteiger partial charge in [0.05, 0.1) is 0 Å². The molecular formula is C15H24N2O2. The third-order valence-corrected chi connectivity index (χ3v) is 4.13. The molecule has 106 valence electrons. The summed E-state index contributed by atoms with van der Waals surface area (Å²) in [5, 5.41) is 2.98. The van der Waals surface area contributed by atoms with E-state index in [0.29, 0.717) is 24.1 Å². The van der Waals surface area contributed by atoms with Crippen LogP contribution < -0.4 is 11.1 Å². The molecule has 1 fully saturated rings. The second-order valence-corrected chi connectivity index (χ2v) is 5.37. The van der Waals surface area contributed by atoms with Crippen LogP contribution in [0.4, 0.5) is 0 Å². The molecule has 1 aliphatic carbocycles. The summed E-state index contributed by atoms with van der Waals surface area (Å²) in [4.78, 5) is 12.0. The molecule has 1 saturated carbocycles. The van der Waals surface area contributed by atoms with Gasteiger partial charge in [-0.25, -0.2) is 0 Å². The Labute approximate surface area is 114 Å². The second-order valence-electron chi connectivity index (χ2n) is 5.37. The molecule has 1 aromatic rings. The number of aryl methyl sites for hydroxylation is 1. The van der Waals surface area contributed by atoms with Crippen LogP contribution in [0.15, 0.2) is 16.5 Å². The lowest BCUT2D eigenvalue weighted by molar-refractivity contribution is 0.0905. The Morgan fingerprint density at radius 2 is 2.11 bits per heavy atom. The highest BCUT2D eigenvalue weighted by molar-refractivity contribution is 5.91. The Bertz CT molecular complexity index is 414. The van der Waals surface area contributed by atoms with E-state index in [2.05, 4.69) is 5.32 Å². The maximum atomic E-state index is 12.0. The number of furan rings is 1. The van der Waals surface area contributed by atoms with Gasteiger partial charge in [-0.1, -0.05) is 19.8 Å². The fourth-order valence-electron chi connectivity index (χ4n) is 2.86. The number of hydrogen-bond donors (Lipinski definition) is 2. The maximum absolute atomic E-state index is 12.0. The molecule has 4 nitrogen and oxygen atoms in total. The van der Waals surface area contributed by atoms with E-state index in [1.165, 1.54) is 25.7 Å². The van der Waals surface area contributed by atoms with Gasteiger partial charge in [0.2, 0.25) is 0 Å². The quantitative estimate of drug-likeness (QED) is 0.857. The molecular weight excluding hydrogens is 240 g/mol. The van der Waals surface area contributed by atoms with E-state index < -0.39 is 0 Å². The van der Waals surface area contributed by atoms with Crippen LogP contribution in [0, 0.1) is 11.8 Å². The number of rotatable bonds is 5. The van der Waals surface area contributed by atoms with Crippen molar-refractivity contribution in [3.8, 4) is 0 Å². The van der Waals surface area contributed by atoms with Crippen molar-refractivity contribution in [1.82, 2.24) is 5.32 Å². The van der Waals surface area contributed by atoms with Gasteiger partial charge in [0, 0.05) is 13.0 Å². The molecule has 4 heteroatoms. The van der Waals surface area contributed by atoms with Crippen LogP contribution in [-0.2, 0) is 6.42 Å². The van der Waals surface area contributed by atoms with Crippen LogP contribution in [0.3, 0.4) is 0 Å². The van der Waals surface area contributed by atoms with Gasteiger partial charge < -0.3 is 15.5 Å². The molecule has 2 unspecified atom stereocenters. The van der Waals surface area contributed by atoms with Crippen LogP contribution in [-0.4, -0.2) is 19.0 Å². The van der Waals surface area contributed by atoms with Gasteiger partial charge >= 0.3 is 0 Å². The van der Waals surface area contributed by atoms with Crippen molar-refractivity contribution < 1.29 is 9.21 Å². The third kappa shape index (κ3) is 3.60. The lowest BCUT2D eigenvalue weighted by Gasteiger charge is -2.30. The molecule has 0 saturated heterocycles. The summed E-state index contributed by atoms with van der Waals surface area (Å²) < 4.78 is 5.45. The molecule has 19 heavy (non-hydrogen) atoms. The second kappa shape index (κ2) is 6.75. The molecule has 0 aromatic carbocycles. The number of carbonyl (C=O) groups is 1. The van der Waals surface area contributed by atoms with Crippen LogP contribution in [0.25, 0.3) is 0 Å². The fourth-order valence-corrected chi connectivity index (χ4v) is 2.86. The van der Waals surface area contributed by atoms with Crippen LogP contribution in [0.2, 0.25) is 0 Å². The average Bonchev–Trinajstić information content (AvgIpc) is 2.94. The Morgan fingerprint density at radius 1 is 1.37 bits per heavy atom. The van der Waals surface area contributed by atoms with E-state index in [9.17, 15) is 4.79 Å². The molecule has 2 rings (SSSR count). The lowest BCUT2D eigenvalue weighted by Crippen LogP contribution is -2.36. The third-order valence-electron chi connectivity index (χ3n) is 4.13. The van der Waals surface area contributed by atoms with Crippen molar-refractivity contribution in [2.75, 3.05) is 13.1 Å². The summed E-state index contributed by atoms with van der Waals surface area (Å²) in [7, 11) is 0. The van der Waals surface area contributed by atoms with Gasteiger partial charge in [-0.05, 0) is 43.4 Å². The van der Waals surface area contributed by atoms with Crippen molar-refractivity contribution >= 4 is 5.91 Å². The first kappa shape index (κ1) is 14.1. The number of nitrogens with two attached hydrogens (primary N) is 1. The smallest absolute Gasteiger partial charge is 0.287 e. The first-order valence-corrected chi connectivity index (χ1v) is 7.31. The standard InChI is InChI=1S/C15H24N2O2/c1-2-13-7-8-14(19-13)15(18)17-10-12-6-4-3-5-11(12)9-16/h7-8,11-12H,2-6,9-10,16H2,1H3,(H,17,18). The van der Waals surface area contributed by atoms with Crippen molar-refractivity contribution in [3.63, 3.8) is 0 Å². The Hall–Kier alpha value is -1.29. The average molecular weight is 264 g/mol. The minimum absolute atomic E-state index is 0.110. The van der Waals surface area contributed by atoms with Gasteiger partial charge in [-0.3, -0.25) is 4.79 Å². The molecule has 1 amide bonds. The summed E-state index contributed by atoms with van der Waals surface area (Å²) in [5.41, 5.74) is 5.80. The fraction of sp³-hybridized carbons (Fsp3) is 0.667. The molecule has 0 aliphatic heterocycles. The number of hydrogen-bond acceptors (Lipinski definition) is 3. The minimum Gasteiger partial charge on any atom is -0.456 e. The zero-order valence-corrected chi connectivity index (χ0v) is 11.7. The molecule has 1 aromatic heterocycles. The summed E-state index contributed by atoms with van der Waals surface area (Å²) in [6, 6.07) is 3.60. The first-order valence-electron chi connectivity index (χ1n) is 7.31. The molecule has 0 spiro atoms. The lowest BCUT2D eigenvalue weighted by atomic mass is 9.79. The van der Waals surface area contributed by atoms with Crippen LogP contribution in [0.1, 0.15) is 48.9 Å². The van der Waals surface area contributed by atoms with E-state index in [1.54, 1.807) is 6.07 Å². The molecule has 0 radical (unpaired) electrons. The van der Waals surface area contributed by atoms with Crippen LogP contribution in [0.5, 0.6) is 0 Å². The minimum atomic E-state index is -0.110. The van der Waals surface area contributed by atoms with Gasteiger partial charge in [0.1, 0.15) is 5.76 Å². The van der Waals surface area contributed by atoms with E-state index in [-0.39, 0.29) is 5.91 Å². The highest BCUT2D eigenvalue weighted by Gasteiger charge is 2.24. The summed E-state index contributed by atoms with van der Waals surface area (Å²) in [6.07, 6.45) is 5.69. The Kier molecular flexibility index (Phi) is 5.02. The predicted octanol–water partition coefficient (Wildman–Crippen LogP) is 2.34. The van der Waals surface area contributed by atoms with E-state index in [0.717, 1.165) is 18.7 Å². The zero-order valence-electron chi connectivity index (χ0n) is 11.7. The Balaban J connectivity index is 1.85. The van der Waals surface area contributed by atoms with Crippen molar-refractivity contribution in [2.45, 2.75) is 39.0 Å². The molecule has 1 heterocycles. The number of carbonyl (C=O) groups excluding carboxylic acids is 1. The molecule has 1 aliphatic rings. The predicted molar refractivity (Wildman–Crippen MR) is 74.9 cm³/mol. The molecule has 0 bridgehead atoms. The van der Waals surface area contributed by atoms with Gasteiger partial charge in [-0.2, -0.15) is 0 Å². The van der Waals surface area contributed by atoms with Gasteiger partial charge in [-0.15, -0.1) is 0 Å². The van der Waals surface area contributed by atoms with Crippen LogP contribution >= 0.6 is 0 Å². The first-order chi connectivity index (χ1) is 9.24. The largest absolute Gasteiger partial charge is 0.456 e. The van der Waals surface area contributed by atoms with Gasteiger partial charge in [0.15, 0.2) is 5.76 Å². The number of amides is 1. The number of nitrogens with one attached hydrogen (secondary N) is 1. The van der Waals surface area contributed by atoms with Crippen molar-refractivity contribution in [3.05, 3.63) is 23.7 Å². The van der Waals surface area contributed by atoms with Crippen molar-refractivity contribution in [1.29, 1.82) is 0 Å². The highest BCUT2D eigenvalue weighted by atomic mass is 16.3.